The number of primary amides is 1. The van der Waals surface area contributed by atoms with Gasteiger partial charge in [-0.15, -0.1) is 6.42 Å². The highest BCUT2D eigenvalue weighted by Crippen LogP contribution is 2.24. The van der Waals surface area contributed by atoms with Crippen LogP contribution in [0.15, 0.2) is 28.4 Å². The molecule has 0 saturated heterocycles. The second-order valence-electron chi connectivity index (χ2n) is 6.64. The summed E-state index contributed by atoms with van der Waals surface area (Å²) in [6, 6.07) is 0. The van der Waals surface area contributed by atoms with E-state index in [2.05, 4.69) is 10.9 Å². The van der Waals surface area contributed by atoms with Gasteiger partial charge in [-0.25, -0.2) is 4.99 Å². The molecule has 0 aliphatic heterocycles. The fourth-order valence-corrected chi connectivity index (χ4v) is 2.69. The molecule has 0 unspecified atom stereocenters. The fraction of sp³-hybridized carbons (Fsp3) is 0.571. The molecule has 0 aromatic heterocycles. The maximum absolute atomic E-state index is 11.4. The number of hydrogen-bond donors (Lipinski definition) is 2. The van der Waals surface area contributed by atoms with E-state index in [0.29, 0.717) is 23.9 Å². The highest BCUT2D eigenvalue weighted by Gasteiger charge is 2.21. The predicted octanol–water partition coefficient (Wildman–Crippen LogP) is 2.75. The van der Waals surface area contributed by atoms with Crippen LogP contribution in [0.2, 0.25) is 0 Å². The maximum Gasteiger partial charge on any atom is 0.283 e. The van der Waals surface area contributed by atoms with E-state index in [1.807, 2.05) is 34.0 Å². The first-order chi connectivity index (χ1) is 12.8. The number of hydrogen-bond acceptors (Lipinski definition) is 3. The Morgan fingerprint density at radius 1 is 1.22 bits per heavy atom. The van der Waals surface area contributed by atoms with E-state index in [1.54, 1.807) is 11.0 Å². The summed E-state index contributed by atoms with van der Waals surface area (Å²) in [6.45, 7) is 3.78. The lowest BCUT2D eigenvalue weighted by Gasteiger charge is -2.23. The maximum atomic E-state index is 11.4. The zero-order valence-corrected chi connectivity index (χ0v) is 17.1. The first-order valence-electron chi connectivity index (χ1n) is 9.42. The van der Waals surface area contributed by atoms with Gasteiger partial charge in [-0.2, -0.15) is 0 Å². The van der Waals surface area contributed by atoms with Crippen molar-refractivity contribution in [3.8, 4) is 12.3 Å². The number of amides is 2. The third-order valence-electron chi connectivity index (χ3n) is 4.37. The zero-order valence-electron chi connectivity index (χ0n) is 17.1. The SMILES string of the molecule is C#C/C(=C\C/C(=C\C)N=C(N)C(N)=O)CC.CN(C)C(=O)C1CCCCC1. The largest absolute Gasteiger partial charge is 0.379 e. The third-order valence-corrected chi connectivity index (χ3v) is 4.37. The highest BCUT2D eigenvalue weighted by molar-refractivity contribution is 6.36. The van der Waals surface area contributed by atoms with Crippen molar-refractivity contribution in [3.63, 3.8) is 0 Å². The van der Waals surface area contributed by atoms with Gasteiger partial charge in [0.05, 0.1) is 0 Å². The summed E-state index contributed by atoms with van der Waals surface area (Å²) < 4.78 is 0. The van der Waals surface area contributed by atoms with Gasteiger partial charge in [-0.1, -0.05) is 44.3 Å². The van der Waals surface area contributed by atoms with Gasteiger partial charge in [0.25, 0.3) is 5.91 Å². The predicted molar refractivity (Wildman–Crippen MR) is 112 cm³/mol. The van der Waals surface area contributed by atoms with Crippen LogP contribution in [0.3, 0.4) is 0 Å². The number of allylic oxidation sites excluding steroid dienone is 3. The second kappa shape index (κ2) is 13.6. The number of amidine groups is 1. The molecule has 1 fully saturated rings. The van der Waals surface area contributed by atoms with Crippen LogP contribution in [0.25, 0.3) is 0 Å². The number of carbonyl (C=O) groups excluding carboxylic acids is 2. The van der Waals surface area contributed by atoms with Crippen molar-refractivity contribution in [2.75, 3.05) is 14.1 Å². The lowest BCUT2D eigenvalue weighted by Crippen LogP contribution is -2.30. The molecule has 0 atom stereocenters. The Kier molecular flexibility index (Phi) is 12.3. The molecular weight excluding hydrogens is 340 g/mol. The average molecular weight is 375 g/mol. The summed E-state index contributed by atoms with van der Waals surface area (Å²) in [5, 5.41) is 0. The van der Waals surface area contributed by atoms with E-state index in [1.165, 1.54) is 19.3 Å². The molecule has 1 saturated carbocycles. The molecule has 0 aromatic rings. The first-order valence-corrected chi connectivity index (χ1v) is 9.42. The minimum absolute atomic E-state index is 0.194. The molecule has 0 heterocycles. The lowest BCUT2D eigenvalue weighted by molar-refractivity contribution is -0.133. The molecule has 0 bridgehead atoms. The highest BCUT2D eigenvalue weighted by atomic mass is 16.2. The molecule has 6 heteroatoms. The number of nitrogens with two attached hydrogens (primary N) is 2. The third kappa shape index (κ3) is 10.2. The Morgan fingerprint density at radius 3 is 2.22 bits per heavy atom. The molecule has 2 amide bonds. The standard InChI is InChI=1S/C12H17N3O.C9H17NO/c1-4-9(5-2)7-8-10(6-3)15-11(13)12(14)16;1-10(2)9(11)8-6-4-3-5-7-8/h1,6-7H,5,8H2,2-3H3,(H2,13,15)(H2,14,16);8H,3-7H2,1-2H3/b9-7+,10-6+;. The lowest BCUT2D eigenvalue weighted by atomic mass is 9.88. The molecular formula is C21H34N4O2. The van der Waals surface area contributed by atoms with Crippen molar-refractivity contribution < 1.29 is 9.59 Å². The summed E-state index contributed by atoms with van der Waals surface area (Å²) in [6.07, 6.45) is 16.3. The molecule has 1 aliphatic rings. The van der Waals surface area contributed by atoms with Crippen molar-refractivity contribution in [1.82, 2.24) is 4.90 Å². The van der Waals surface area contributed by atoms with Crippen molar-refractivity contribution in [2.45, 2.75) is 58.8 Å². The van der Waals surface area contributed by atoms with Gasteiger partial charge in [-0.05, 0) is 31.8 Å². The zero-order chi connectivity index (χ0) is 20.8. The molecule has 0 aromatic carbocycles. The Labute approximate surface area is 163 Å². The van der Waals surface area contributed by atoms with Crippen LogP contribution in [0.1, 0.15) is 58.8 Å². The van der Waals surface area contributed by atoms with E-state index in [4.69, 9.17) is 17.9 Å². The summed E-state index contributed by atoms with van der Waals surface area (Å²) >= 11 is 0. The fourth-order valence-electron chi connectivity index (χ4n) is 2.69. The van der Waals surface area contributed by atoms with Crippen molar-refractivity contribution >= 4 is 17.6 Å². The van der Waals surface area contributed by atoms with Gasteiger partial charge >= 0.3 is 0 Å². The molecule has 0 radical (unpaired) electrons. The van der Waals surface area contributed by atoms with Gasteiger partial charge in [0.2, 0.25) is 5.91 Å². The number of rotatable bonds is 5. The quantitative estimate of drug-likeness (QED) is 0.439. The van der Waals surface area contributed by atoms with Gasteiger partial charge in [0, 0.05) is 32.1 Å². The molecule has 0 spiro atoms. The Balaban J connectivity index is 0.000000533. The number of terminal acetylenes is 1. The van der Waals surface area contributed by atoms with E-state index in [-0.39, 0.29) is 5.84 Å². The summed E-state index contributed by atoms with van der Waals surface area (Å²) in [5.41, 5.74) is 11.9. The van der Waals surface area contributed by atoms with Crippen LogP contribution in [0.5, 0.6) is 0 Å². The van der Waals surface area contributed by atoms with Gasteiger partial charge in [0.1, 0.15) is 0 Å². The topological polar surface area (TPSA) is 102 Å². The number of aliphatic imine (C=N–C) groups is 1. The Hall–Kier alpha value is -2.55. The van der Waals surface area contributed by atoms with Crippen LogP contribution in [0, 0.1) is 18.3 Å². The summed E-state index contributed by atoms with van der Waals surface area (Å²) in [7, 11) is 3.69. The minimum atomic E-state index is -0.726. The molecule has 6 nitrogen and oxygen atoms in total. The van der Waals surface area contributed by atoms with Crippen molar-refractivity contribution in [1.29, 1.82) is 0 Å². The Bertz CT molecular complexity index is 619. The van der Waals surface area contributed by atoms with Crippen LogP contribution in [0.4, 0.5) is 0 Å². The first kappa shape index (κ1) is 24.5. The van der Waals surface area contributed by atoms with Crippen LogP contribution >= 0.6 is 0 Å². The summed E-state index contributed by atoms with van der Waals surface area (Å²) in [5.74, 6) is 2.31. The molecule has 150 valence electrons. The Morgan fingerprint density at radius 2 is 1.81 bits per heavy atom. The number of carbonyl (C=O) groups is 2. The van der Waals surface area contributed by atoms with Gasteiger partial charge in [0.15, 0.2) is 5.84 Å². The monoisotopic (exact) mass is 374 g/mol. The second-order valence-corrected chi connectivity index (χ2v) is 6.64. The normalized spacial score (nSPS) is 16.0. The smallest absolute Gasteiger partial charge is 0.283 e. The average Bonchev–Trinajstić information content (AvgIpc) is 2.67. The van der Waals surface area contributed by atoms with Crippen molar-refractivity contribution in [3.05, 3.63) is 23.4 Å². The molecule has 4 N–H and O–H groups in total. The van der Waals surface area contributed by atoms with E-state index in [0.717, 1.165) is 24.8 Å². The van der Waals surface area contributed by atoms with Crippen LogP contribution in [-0.2, 0) is 9.59 Å². The molecule has 1 rings (SSSR count). The van der Waals surface area contributed by atoms with E-state index in [9.17, 15) is 9.59 Å². The summed E-state index contributed by atoms with van der Waals surface area (Å²) in [4.78, 5) is 27.7. The minimum Gasteiger partial charge on any atom is -0.379 e. The van der Waals surface area contributed by atoms with Crippen molar-refractivity contribution in [2.24, 2.45) is 22.4 Å². The number of nitrogens with zero attached hydrogens (tertiary/aromatic N) is 2. The van der Waals surface area contributed by atoms with Gasteiger partial charge < -0.3 is 16.4 Å². The van der Waals surface area contributed by atoms with E-state index >= 15 is 0 Å². The van der Waals surface area contributed by atoms with Crippen LogP contribution < -0.4 is 11.5 Å². The molecule has 27 heavy (non-hydrogen) atoms. The molecule has 1 aliphatic carbocycles. The van der Waals surface area contributed by atoms with Gasteiger partial charge in [-0.3, -0.25) is 9.59 Å². The van der Waals surface area contributed by atoms with Crippen LogP contribution in [-0.4, -0.2) is 36.6 Å². The van der Waals surface area contributed by atoms with E-state index < -0.39 is 5.91 Å².